The van der Waals surface area contributed by atoms with Crippen molar-refractivity contribution >= 4 is 17.2 Å². The quantitative estimate of drug-likeness (QED) is 0.591. The van der Waals surface area contributed by atoms with Crippen LogP contribution in [0.2, 0.25) is 0 Å². The summed E-state index contributed by atoms with van der Waals surface area (Å²) in [7, 11) is 0. The molecule has 10 heteroatoms. The molecule has 0 spiro atoms. The summed E-state index contributed by atoms with van der Waals surface area (Å²) in [6.45, 7) is 6.84. The third kappa shape index (κ3) is 5.23. The van der Waals surface area contributed by atoms with Crippen molar-refractivity contribution in [1.29, 1.82) is 0 Å². The Balaban J connectivity index is 2.65. The van der Waals surface area contributed by atoms with Crippen molar-refractivity contribution in [1.82, 2.24) is 4.57 Å². The van der Waals surface area contributed by atoms with Crippen LogP contribution in [-0.2, 0) is 18.1 Å². The summed E-state index contributed by atoms with van der Waals surface area (Å²) in [6.07, 6.45) is -4.75. The molecule has 0 N–H and O–H groups in total. The van der Waals surface area contributed by atoms with E-state index in [4.69, 9.17) is 0 Å². The Kier molecular flexibility index (Phi) is 6.56. The molecule has 160 valence electrons. The smallest absolute Gasteiger partial charge is 0.416 e. The van der Waals surface area contributed by atoms with Crippen LogP contribution in [0.3, 0.4) is 0 Å². The molecular weight excluding hydrogens is 415 g/mol. The lowest BCUT2D eigenvalue weighted by Crippen LogP contribution is -2.18. The van der Waals surface area contributed by atoms with Crippen molar-refractivity contribution in [3.63, 3.8) is 0 Å². The number of carbonyl (C=O) groups is 1. The van der Waals surface area contributed by atoms with Crippen LogP contribution in [0.25, 0.3) is 0 Å². The van der Waals surface area contributed by atoms with E-state index in [-0.39, 0.29) is 10.2 Å². The van der Waals surface area contributed by atoms with Gasteiger partial charge in [0.25, 0.3) is 5.91 Å². The van der Waals surface area contributed by atoms with Crippen molar-refractivity contribution in [3.8, 4) is 5.75 Å². The van der Waals surface area contributed by atoms with Crippen LogP contribution < -0.4 is 9.54 Å². The first kappa shape index (κ1) is 23.1. The number of ether oxygens (including phenoxy) is 1. The van der Waals surface area contributed by atoms with E-state index >= 15 is 0 Å². The lowest BCUT2D eigenvalue weighted by Gasteiger charge is -2.17. The molecule has 0 aliphatic carbocycles. The highest BCUT2D eigenvalue weighted by Gasteiger charge is 2.32. The maximum Gasteiger partial charge on any atom is 0.416 e. The van der Waals surface area contributed by atoms with Gasteiger partial charge >= 0.3 is 12.8 Å². The van der Waals surface area contributed by atoms with Gasteiger partial charge in [-0.15, -0.1) is 11.3 Å². The second-order valence-corrected chi connectivity index (χ2v) is 8.28. The summed E-state index contributed by atoms with van der Waals surface area (Å²) in [6, 6.07) is 1.75. The Labute approximate surface area is 168 Å². The molecule has 0 atom stereocenters. The zero-order chi connectivity index (χ0) is 22.1. The first-order valence-electron chi connectivity index (χ1n) is 8.71. The molecule has 4 nitrogen and oxygen atoms in total. The van der Waals surface area contributed by atoms with Gasteiger partial charge in [-0.05, 0) is 37.5 Å². The van der Waals surface area contributed by atoms with Crippen LogP contribution >= 0.6 is 11.3 Å². The van der Waals surface area contributed by atoms with E-state index in [1.54, 1.807) is 4.57 Å². The molecule has 2 aromatic rings. The van der Waals surface area contributed by atoms with Crippen LogP contribution in [0.15, 0.2) is 23.2 Å². The van der Waals surface area contributed by atoms with E-state index < -0.39 is 35.6 Å². The zero-order valence-corrected chi connectivity index (χ0v) is 17.3. The molecule has 2 rings (SSSR count). The number of hydrogen-bond donors (Lipinski definition) is 0. The van der Waals surface area contributed by atoms with Crippen LogP contribution in [0.5, 0.6) is 5.75 Å². The molecule has 0 bridgehead atoms. The highest BCUT2D eigenvalue weighted by atomic mass is 32.1. The summed E-state index contributed by atoms with van der Waals surface area (Å²) < 4.78 is 70.3. The van der Waals surface area contributed by atoms with E-state index in [9.17, 15) is 26.7 Å². The molecule has 1 aromatic heterocycles. The van der Waals surface area contributed by atoms with Crippen molar-refractivity contribution < 1.29 is 31.5 Å². The van der Waals surface area contributed by atoms with Gasteiger partial charge in [0.05, 0.1) is 11.1 Å². The Hall–Kier alpha value is -2.23. The first-order valence-corrected chi connectivity index (χ1v) is 9.53. The van der Waals surface area contributed by atoms with E-state index in [2.05, 4.69) is 9.73 Å². The van der Waals surface area contributed by atoms with Crippen LogP contribution in [-0.4, -0.2) is 17.1 Å². The number of amides is 1. The van der Waals surface area contributed by atoms with Crippen molar-refractivity contribution in [3.05, 3.63) is 44.7 Å². The molecule has 1 heterocycles. The van der Waals surface area contributed by atoms with Crippen LogP contribution in [0.1, 0.15) is 54.2 Å². The third-order valence-corrected chi connectivity index (χ3v) is 5.71. The fourth-order valence-electron chi connectivity index (χ4n) is 2.86. The second kappa shape index (κ2) is 8.25. The molecule has 0 radical (unpaired) electrons. The molecule has 29 heavy (non-hydrogen) atoms. The Morgan fingerprint density at radius 2 is 1.86 bits per heavy atom. The fraction of sp³-hybridized carbons (Fsp3) is 0.474. The van der Waals surface area contributed by atoms with Crippen molar-refractivity contribution in [2.45, 2.75) is 59.4 Å². The number of nitrogens with zero attached hydrogens (tertiary/aromatic N) is 2. The minimum Gasteiger partial charge on any atom is -0.434 e. The number of alkyl halides is 5. The summed E-state index contributed by atoms with van der Waals surface area (Å²) in [5.41, 5.74) is -1.18. The Bertz CT molecular complexity index is 968. The van der Waals surface area contributed by atoms with Gasteiger partial charge in [-0.25, -0.2) is 0 Å². The van der Waals surface area contributed by atoms with Crippen LogP contribution in [0, 0.1) is 6.92 Å². The first-order chi connectivity index (χ1) is 13.3. The molecule has 0 saturated carbocycles. The number of aromatic nitrogens is 1. The molecule has 0 aliphatic rings. The fourth-order valence-corrected chi connectivity index (χ4v) is 4.11. The van der Waals surface area contributed by atoms with Gasteiger partial charge in [-0.3, -0.25) is 4.79 Å². The monoisotopic (exact) mass is 436 g/mol. The highest BCUT2D eigenvalue weighted by molar-refractivity contribution is 7.09. The lowest BCUT2D eigenvalue weighted by molar-refractivity contribution is -0.137. The molecule has 0 fully saturated rings. The second-order valence-electron chi connectivity index (χ2n) is 7.30. The molecule has 0 unspecified atom stereocenters. The Morgan fingerprint density at radius 3 is 2.34 bits per heavy atom. The number of benzene rings is 1. The van der Waals surface area contributed by atoms with Gasteiger partial charge in [0, 0.05) is 17.1 Å². The minimum absolute atomic E-state index is 0.233. The van der Waals surface area contributed by atoms with Gasteiger partial charge in [-0.2, -0.15) is 26.9 Å². The number of halogens is 5. The van der Waals surface area contributed by atoms with E-state index in [0.717, 1.165) is 10.6 Å². The maximum absolute atomic E-state index is 13.0. The van der Waals surface area contributed by atoms with Crippen molar-refractivity contribution in [2.75, 3.05) is 0 Å². The normalized spacial score (nSPS) is 13.3. The largest absolute Gasteiger partial charge is 0.434 e. The number of thiazole rings is 1. The standard InChI is InChI=1S/C19H21F5N2O2S/c1-6-26-10(2)14(18(3,4)5)29-17(26)25-15(27)12-9-11(19(22,23)24)7-8-13(12)28-16(20)21/h7-9,16H,6H2,1-5H3/b25-17-. The maximum atomic E-state index is 13.0. The van der Waals surface area contributed by atoms with E-state index in [0.29, 0.717) is 24.7 Å². The van der Waals surface area contributed by atoms with Gasteiger partial charge in [-0.1, -0.05) is 20.8 Å². The minimum atomic E-state index is -4.75. The topological polar surface area (TPSA) is 43.6 Å². The lowest BCUT2D eigenvalue weighted by atomic mass is 9.93. The molecule has 1 amide bonds. The number of rotatable bonds is 4. The van der Waals surface area contributed by atoms with E-state index in [1.807, 2.05) is 34.6 Å². The number of hydrogen-bond acceptors (Lipinski definition) is 3. The molecular formula is C19H21F5N2O2S. The SMILES string of the molecule is CCn1c(C)c(C(C)(C)C)s/c1=N\C(=O)c1cc(C(F)(F)F)ccc1OC(F)F. The molecule has 0 aliphatic heterocycles. The average molecular weight is 436 g/mol. The van der Waals surface area contributed by atoms with Gasteiger partial charge in [0.15, 0.2) is 4.80 Å². The predicted octanol–water partition coefficient (Wildman–Crippen LogP) is 5.54. The molecule has 0 saturated heterocycles. The Morgan fingerprint density at radius 1 is 1.24 bits per heavy atom. The summed E-state index contributed by atoms with van der Waals surface area (Å²) in [5.74, 6) is -1.75. The molecule has 1 aromatic carbocycles. The summed E-state index contributed by atoms with van der Waals surface area (Å²) in [5, 5.41) is 0. The van der Waals surface area contributed by atoms with E-state index in [1.165, 1.54) is 11.3 Å². The van der Waals surface area contributed by atoms with Gasteiger partial charge < -0.3 is 9.30 Å². The predicted molar refractivity (Wildman–Crippen MR) is 99.4 cm³/mol. The summed E-state index contributed by atoms with van der Waals surface area (Å²) >= 11 is 1.23. The third-order valence-electron chi connectivity index (χ3n) is 4.11. The van der Waals surface area contributed by atoms with Gasteiger partial charge in [0.1, 0.15) is 5.75 Å². The average Bonchev–Trinajstić information content (AvgIpc) is 2.89. The van der Waals surface area contributed by atoms with Crippen LogP contribution in [0.4, 0.5) is 22.0 Å². The zero-order valence-electron chi connectivity index (χ0n) is 16.5. The van der Waals surface area contributed by atoms with Gasteiger partial charge in [0.2, 0.25) is 0 Å². The highest BCUT2D eigenvalue weighted by Crippen LogP contribution is 2.33. The van der Waals surface area contributed by atoms with Crippen molar-refractivity contribution in [2.24, 2.45) is 4.99 Å². The number of carbonyl (C=O) groups excluding carboxylic acids is 1. The summed E-state index contributed by atoms with van der Waals surface area (Å²) in [4.78, 5) is 17.8.